The first-order chi connectivity index (χ1) is 11.7. The molecule has 0 saturated carbocycles. The summed E-state index contributed by atoms with van der Waals surface area (Å²) in [5, 5.41) is 19.6. The number of hydrogen-bond donors (Lipinski definition) is 2. The minimum Gasteiger partial charge on any atom is -0.478 e. The van der Waals surface area contributed by atoms with Crippen LogP contribution >= 0.6 is 23.2 Å². The van der Waals surface area contributed by atoms with Crippen molar-refractivity contribution in [2.45, 2.75) is 40.0 Å². The summed E-state index contributed by atoms with van der Waals surface area (Å²) in [5.74, 6) is -2.31. The third-order valence-electron chi connectivity index (χ3n) is 4.32. The number of rotatable bonds is 5. The van der Waals surface area contributed by atoms with Gasteiger partial charge in [0.25, 0.3) is 0 Å². The Morgan fingerprint density at radius 2 is 1.56 bits per heavy atom. The first kappa shape index (κ1) is 19.3. The van der Waals surface area contributed by atoms with Crippen molar-refractivity contribution in [2.24, 2.45) is 0 Å². The van der Waals surface area contributed by atoms with Crippen LogP contribution in [0.2, 0.25) is 10.0 Å². The number of aliphatic carboxylic acids is 2. The molecule has 0 saturated heterocycles. The molecule has 1 heterocycles. The lowest BCUT2D eigenvalue weighted by Gasteiger charge is -2.33. The summed E-state index contributed by atoms with van der Waals surface area (Å²) in [6.07, 6.45) is 1.53. The van der Waals surface area contributed by atoms with Gasteiger partial charge in [-0.05, 0) is 31.9 Å². The van der Waals surface area contributed by atoms with Crippen LogP contribution in [-0.2, 0) is 16.0 Å². The van der Waals surface area contributed by atoms with Crippen LogP contribution in [0, 0.1) is 0 Å². The molecular formula is C18H19Cl2NO4. The molecule has 0 atom stereocenters. The van der Waals surface area contributed by atoms with Gasteiger partial charge < -0.3 is 15.1 Å². The zero-order valence-electron chi connectivity index (χ0n) is 14.2. The van der Waals surface area contributed by atoms with Gasteiger partial charge in [-0.3, -0.25) is 0 Å². The average molecular weight is 384 g/mol. The number of carbonyl (C=O) groups is 2. The Hall–Kier alpha value is -1.98. The van der Waals surface area contributed by atoms with Gasteiger partial charge in [0.05, 0.1) is 26.9 Å². The maximum atomic E-state index is 11.5. The number of hydrogen-bond acceptors (Lipinski definition) is 3. The van der Waals surface area contributed by atoms with Gasteiger partial charge in [0, 0.05) is 17.8 Å². The molecule has 25 heavy (non-hydrogen) atoms. The van der Waals surface area contributed by atoms with Crippen molar-refractivity contribution in [3.8, 4) is 0 Å². The number of carboxylic acid groups (broad SMARTS) is 2. The number of carboxylic acids is 2. The maximum absolute atomic E-state index is 11.5. The number of anilines is 1. The van der Waals surface area contributed by atoms with Crippen molar-refractivity contribution in [3.63, 3.8) is 0 Å². The molecule has 1 aromatic rings. The van der Waals surface area contributed by atoms with Crippen LogP contribution in [0.3, 0.4) is 0 Å². The Balaban J connectivity index is 2.69. The zero-order chi connectivity index (χ0) is 18.9. The zero-order valence-corrected chi connectivity index (χ0v) is 15.7. The SMILES string of the molecule is CCCc1ccc(N2C(C)=C(C(=O)O)CC(C(=O)O)=C2C)c(Cl)c1Cl. The van der Waals surface area contributed by atoms with Crippen molar-refractivity contribution in [3.05, 3.63) is 50.3 Å². The van der Waals surface area contributed by atoms with Crippen LogP contribution in [0.5, 0.6) is 0 Å². The third kappa shape index (κ3) is 3.53. The van der Waals surface area contributed by atoms with E-state index in [0.29, 0.717) is 22.1 Å². The summed E-state index contributed by atoms with van der Waals surface area (Å²) < 4.78 is 0. The number of aryl methyl sites for hydroxylation is 1. The molecule has 0 fully saturated rings. The molecule has 134 valence electrons. The van der Waals surface area contributed by atoms with E-state index in [2.05, 4.69) is 0 Å². The molecule has 0 unspecified atom stereocenters. The monoisotopic (exact) mass is 383 g/mol. The molecule has 2 N–H and O–H groups in total. The van der Waals surface area contributed by atoms with Crippen molar-refractivity contribution in [2.75, 3.05) is 4.90 Å². The molecule has 0 aliphatic carbocycles. The first-order valence-corrected chi connectivity index (χ1v) is 8.59. The van der Waals surface area contributed by atoms with E-state index in [1.807, 2.05) is 13.0 Å². The molecule has 2 rings (SSSR count). The van der Waals surface area contributed by atoms with E-state index in [9.17, 15) is 19.8 Å². The second-order valence-electron chi connectivity index (χ2n) is 5.87. The van der Waals surface area contributed by atoms with Crippen LogP contribution in [0.1, 0.15) is 39.2 Å². The van der Waals surface area contributed by atoms with E-state index in [0.717, 1.165) is 18.4 Å². The van der Waals surface area contributed by atoms with Crippen LogP contribution in [-0.4, -0.2) is 22.2 Å². The number of benzene rings is 1. The number of nitrogens with zero attached hydrogens (tertiary/aromatic N) is 1. The average Bonchev–Trinajstić information content (AvgIpc) is 2.53. The van der Waals surface area contributed by atoms with Crippen molar-refractivity contribution < 1.29 is 19.8 Å². The van der Waals surface area contributed by atoms with Gasteiger partial charge in [-0.15, -0.1) is 0 Å². The van der Waals surface area contributed by atoms with Crippen molar-refractivity contribution in [1.82, 2.24) is 0 Å². The van der Waals surface area contributed by atoms with Crippen molar-refractivity contribution in [1.29, 1.82) is 0 Å². The summed E-state index contributed by atoms with van der Waals surface area (Å²) in [7, 11) is 0. The normalized spacial score (nSPS) is 15.0. The van der Waals surface area contributed by atoms with Gasteiger partial charge in [-0.25, -0.2) is 9.59 Å². The molecule has 1 aliphatic heterocycles. The van der Waals surface area contributed by atoms with Gasteiger partial charge in [0.1, 0.15) is 0 Å². The maximum Gasteiger partial charge on any atom is 0.333 e. The van der Waals surface area contributed by atoms with Gasteiger partial charge in [-0.2, -0.15) is 0 Å². The second-order valence-corrected chi connectivity index (χ2v) is 6.63. The van der Waals surface area contributed by atoms with E-state index in [4.69, 9.17) is 23.2 Å². The van der Waals surface area contributed by atoms with Crippen LogP contribution in [0.25, 0.3) is 0 Å². The standard InChI is InChI=1S/C18H19Cl2NO4/c1-4-5-11-6-7-14(16(20)15(11)19)21-9(2)12(17(22)23)8-13(10(21)3)18(24)25/h6-7H,4-5,8H2,1-3H3,(H,22,23)(H,24,25). The molecule has 0 aromatic heterocycles. The highest BCUT2D eigenvalue weighted by Gasteiger charge is 2.31. The molecule has 5 nitrogen and oxygen atoms in total. The Labute approximate surface area is 156 Å². The molecule has 0 bridgehead atoms. The van der Waals surface area contributed by atoms with Crippen LogP contribution in [0.4, 0.5) is 5.69 Å². The largest absolute Gasteiger partial charge is 0.478 e. The minimum atomic E-state index is -1.15. The highest BCUT2D eigenvalue weighted by atomic mass is 35.5. The Morgan fingerprint density at radius 1 is 1.04 bits per heavy atom. The fourth-order valence-electron chi connectivity index (χ4n) is 2.99. The van der Waals surface area contributed by atoms with Crippen LogP contribution in [0.15, 0.2) is 34.7 Å². The van der Waals surface area contributed by atoms with Gasteiger partial charge >= 0.3 is 11.9 Å². The molecule has 0 spiro atoms. The lowest BCUT2D eigenvalue weighted by Crippen LogP contribution is -2.30. The Morgan fingerprint density at radius 3 is 2.00 bits per heavy atom. The van der Waals surface area contributed by atoms with Gasteiger partial charge in [0.2, 0.25) is 0 Å². The quantitative estimate of drug-likeness (QED) is 0.757. The molecule has 1 aromatic carbocycles. The number of allylic oxidation sites excluding steroid dienone is 2. The smallest absolute Gasteiger partial charge is 0.333 e. The summed E-state index contributed by atoms with van der Waals surface area (Å²) in [5.41, 5.74) is 2.27. The van der Waals surface area contributed by atoms with Gasteiger partial charge in [-0.1, -0.05) is 42.6 Å². The summed E-state index contributed by atoms with van der Waals surface area (Å²) >= 11 is 12.8. The van der Waals surface area contributed by atoms with Crippen molar-refractivity contribution >= 4 is 40.8 Å². The highest BCUT2D eigenvalue weighted by Crippen LogP contribution is 2.42. The van der Waals surface area contributed by atoms with E-state index < -0.39 is 11.9 Å². The van der Waals surface area contributed by atoms with E-state index in [1.165, 1.54) is 0 Å². The third-order valence-corrected chi connectivity index (χ3v) is 5.23. The first-order valence-electron chi connectivity index (χ1n) is 7.83. The van der Waals surface area contributed by atoms with E-state index in [1.54, 1.807) is 24.8 Å². The lowest BCUT2D eigenvalue weighted by molar-refractivity contribution is -0.133. The lowest BCUT2D eigenvalue weighted by atomic mass is 9.95. The highest BCUT2D eigenvalue weighted by molar-refractivity contribution is 6.44. The van der Waals surface area contributed by atoms with Gasteiger partial charge in [0.15, 0.2) is 0 Å². The van der Waals surface area contributed by atoms with E-state index in [-0.39, 0.29) is 22.6 Å². The number of halogens is 2. The molecule has 1 aliphatic rings. The molecule has 0 amide bonds. The summed E-state index contributed by atoms with van der Waals surface area (Å²) in [4.78, 5) is 24.7. The Kier molecular flexibility index (Phi) is 5.80. The second kappa shape index (κ2) is 7.50. The topological polar surface area (TPSA) is 77.8 Å². The molecular weight excluding hydrogens is 365 g/mol. The van der Waals surface area contributed by atoms with E-state index >= 15 is 0 Å². The predicted molar refractivity (Wildman–Crippen MR) is 98.2 cm³/mol. The fourth-order valence-corrected chi connectivity index (χ4v) is 3.51. The predicted octanol–water partition coefficient (Wildman–Crippen LogP) is 4.87. The molecule has 0 radical (unpaired) electrons. The Bertz CT molecular complexity index is 776. The summed E-state index contributed by atoms with van der Waals surface area (Å²) in [6, 6.07) is 3.58. The summed E-state index contributed by atoms with van der Waals surface area (Å²) in [6.45, 7) is 5.30. The molecule has 7 heteroatoms. The van der Waals surface area contributed by atoms with Crippen LogP contribution < -0.4 is 4.90 Å². The fraction of sp³-hybridized carbons (Fsp3) is 0.333. The minimum absolute atomic E-state index is 0.0211.